The molecule has 1 fully saturated rings. The number of quaternary nitrogens is 1. The summed E-state index contributed by atoms with van der Waals surface area (Å²) in [6.07, 6.45) is 1.78. The Bertz CT molecular complexity index is 471. The highest BCUT2D eigenvalue weighted by atomic mass is 35.5. The SMILES string of the molecule is CCOC(=O)C1CC[NH+](Cc2ccc(Cl)cc2Cl)CC1. The molecule has 1 saturated heterocycles. The molecule has 0 spiro atoms. The van der Waals surface area contributed by atoms with Gasteiger partial charge in [-0.1, -0.05) is 29.3 Å². The molecular weight excluding hydrogens is 297 g/mol. The minimum absolute atomic E-state index is 0.0453. The van der Waals surface area contributed by atoms with Gasteiger partial charge in [0.25, 0.3) is 0 Å². The topological polar surface area (TPSA) is 30.7 Å². The van der Waals surface area contributed by atoms with Crippen LogP contribution in [0.4, 0.5) is 0 Å². The zero-order valence-electron chi connectivity index (χ0n) is 11.6. The summed E-state index contributed by atoms with van der Waals surface area (Å²) in [5, 5.41) is 1.38. The molecule has 0 unspecified atom stereocenters. The Kier molecular flexibility index (Phi) is 5.70. The van der Waals surface area contributed by atoms with Crippen molar-refractivity contribution >= 4 is 29.2 Å². The summed E-state index contributed by atoms with van der Waals surface area (Å²) in [7, 11) is 0. The number of hydrogen-bond donors (Lipinski definition) is 1. The molecule has 1 aromatic carbocycles. The number of ether oxygens (including phenoxy) is 1. The van der Waals surface area contributed by atoms with Gasteiger partial charge in [0.1, 0.15) is 6.54 Å². The number of piperidine rings is 1. The van der Waals surface area contributed by atoms with Gasteiger partial charge in [-0.05, 0) is 19.1 Å². The second-order valence-corrected chi connectivity index (χ2v) is 6.03. The van der Waals surface area contributed by atoms with Gasteiger partial charge in [-0.25, -0.2) is 0 Å². The zero-order valence-corrected chi connectivity index (χ0v) is 13.1. The summed E-state index contributed by atoms with van der Waals surface area (Å²) in [6, 6.07) is 5.63. The van der Waals surface area contributed by atoms with Crippen molar-refractivity contribution in [2.45, 2.75) is 26.3 Å². The molecule has 1 N–H and O–H groups in total. The number of rotatable bonds is 4. The fourth-order valence-electron chi connectivity index (χ4n) is 2.63. The first-order valence-corrected chi connectivity index (χ1v) is 7.80. The summed E-state index contributed by atoms with van der Waals surface area (Å²) in [6.45, 7) is 5.14. The fourth-order valence-corrected chi connectivity index (χ4v) is 3.11. The molecule has 1 heterocycles. The Hall–Kier alpha value is -0.770. The third-order valence-corrected chi connectivity index (χ3v) is 4.36. The lowest BCUT2D eigenvalue weighted by molar-refractivity contribution is -0.919. The molecule has 20 heavy (non-hydrogen) atoms. The lowest BCUT2D eigenvalue weighted by Crippen LogP contribution is -3.11. The molecule has 5 heteroatoms. The molecule has 3 nitrogen and oxygen atoms in total. The normalized spacial score (nSPS) is 22.6. The molecule has 1 aliphatic rings. The van der Waals surface area contributed by atoms with Crippen LogP contribution in [0.1, 0.15) is 25.3 Å². The molecule has 0 saturated carbocycles. The van der Waals surface area contributed by atoms with Crippen LogP contribution in [0.2, 0.25) is 10.0 Å². The van der Waals surface area contributed by atoms with Crippen molar-refractivity contribution in [1.82, 2.24) is 0 Å². The highest BCUT2D eigenvalue weighted by molar-refractivity contribution is 6.35. The number of halogens is 2. The summed E-state index contributed by atoms with van der Waals surface area (Å²) in [5.74, 6) is 0.0236. The maximum atomic E-state index is 11.7. The lowest BCUT2D eigenvalue weighted by atomic mass is 9.96. The van der Waals surface area contributed by atoms with Crippen molar-refractivity contribution in [3.8, 4) is 0 Å². The molecule has 0 atom stereocenters. The van der Waals surface area contributed by atoms with Crippen LogP contribution in [0.15, 0.2) is 18.2 Å². The van der Waals surface area contributed by atoms with E-state index in [0.29, 0.717) is 11.6 Å². The number of carbonyl (C=O) groups excluding carboxylic acids is 1. The van der Waals surface area contributed by atoms with Crippen LogP contribution in [0.5, 0.6) is 0 Å². The number of hydrogen-bond acceptors (Lipinski definition) is 2. The first-order valence-electron chi connectivity index (χ1n) is 7.04. The highest BCUT2D eigenvalue weighted by Gasteiger charge is 2.28. The third kappa shape index (κ3) is 4.11. The van der Waals surface area contributed by atoms with E-state index in [1.54, 1.807) is 6.07 Å². The lowest BCUT2D eigenvalue weighted by Gasteiger charge is -2.28. The standard InChI is InChI=1S/C15H19Cl2NO2/c1-2-20-15(19)11-5-7-18(8-6-11)10-12-3-4-13(16)9-14(12)17/h3-4,9,11H,2,5-8,10H2,1H3/p+1. The maximum absolute atomic E-state index is 11.7. The van der Waals surface area contributed by atoms with E-state index in [9.17, 15) is 4.79 Å². The fraction of sp³-hybridized carbons (Fsp3) is 0.533. The molecule has 0 radical (unpaired) electrons. The minimum atomic E-state index is -0.0453. The predicted molar refractivity (Wildman–Crippen MR) is 80.2 cm³/mol. The number of benzene rings is 1. The molecule has 1 aromatic rings. The summed E-state index contributed by atoms with van der Waals surface area (Å²) < 4.78 is 5.08. The molecule has 1 aliphatic heterocycles. The Morgan fingerprint density at radius 2 is 2.05 bits per heavy atom. The monoisotopic (exact) mass is 316 g/mol. The molecular formula is C15H20Cl2NO2+. The van der Waals surface area contributed by atoms with Crippen molar-refractivity contribution in [2.24, 2.45) is 5.92 Å². The average molecular weight is 317 g/mol. The predicted octanol–water partition coefficient (Wildman–Crippen LogP) is 2.35. The van der Waals surface area contributed by atoms with E-state index in [1.807, 2.05) is 19.1 Å². The van der Waals surface area contributed by atoms with E-state index >= 15 is 0 Å². The van der Waals surface area contributed by atoms with E-state index in [0.717, 1.165) is 43.1 Å². The van der Waals surface area contributed by atoms with E-state index in [2.05, 4.69) is 0 Å². The smallest absolute Gasteiger partial charge is 0.309 e. The quantitative estimate of drug-likeness (QED) is 0.864. The van der Waals surface area contributed by atoms with Crippen molar-refractivity contribution in [3.63, 3.8) is 0 Å². The van der Waals surface area contributed by atoms with Gasteiger partial charge in [-0.2, -0.15) is 0 Å². The largest absolute Gasteiger partial charge is 0.466 e. The van der Waals surface area contributed by atoms with Crippen molar-refractivity contribution in [1.29, 1.82) is 0 Å². The molecule has 0 amide bonds. The van der Waals surface area contributed by atoms with Crippen LogP contribution in [0, 0.1) is 5.92 Å². The number of carbonyl (C=O) groups is 1. The van der Waals surface area contributed by atoms with Gasteiger partial charge >= 0.3 is 5.97 Å². The molecule has 2 rings (SSSR count). The van der Waals surface area contributed by atoms with Crippen molar-refractivity contribution in [3.05, 3.63) is 33.8 Å². The second-order valence-electron chi connectivity index (χ2n) is 5.19. The van der Waals surface area contributed by atoms with E-state index in [-0.39, 0.29) is 11.9 Å². The van der Waals surface area contributed by atoms with E-state index < -0.39 is 0 Å². The Morgan fingerprint density at radius 3 is 2.65 bits per heavy atom. The van der Waals surface area contributed by atoms with Crippen LogP contribution in [0.3, 0.4) is 0 Å². The van der Waals surface area contributed by atoms with Crippen LogP contribution in [-0.4, -0.2) is 25.7 Å². The van der Waals surface area contributed by atoms with Gasteiger partial charge in [0.15, 0.2) is 0 Å². The van der Waals surface area contributed by atoms with Gasteiger partial charge in [0.05, 0.1) is 30.6 Å². The van der Waals surface area contributed by atoms with Gasteiger partial charge in [0.2, 0.25) is 0 Å². The van der Waals surface area contributed by atoms with Gasteiger partial charge in [0, 0.05) is 23.4 Å². The molecule has 0 bridgehead atoms. The van der Waals surface area contributed by atoms with Gasteiger partial charge in [-0.3, -0.25) is 4.79 Å². The zero-order chi connectivity index (χ0) is 14.5. The van der Waals surface area contributed by atoms with Crippen LogP contribution < -0.4 is 4.90 Å². The van der Waals surface area contributed by atoms with Crippen molar-refractivity contribution < 1.29 is 14.4 Å². The van der Waals surface area contributed by atoms with E-state index in [1.165, 1.54) is 4.90 Å². The number of nitrogens with one attached hydrogen (secondary N) is 1. The van der Waals surface area contributed by atoms with Crippen molar-refractivity contribution in [2.75, 3.05) is 19.7 Å². The first-order chi connectivity index (χ1) is 9.60. The summed E-state index contributed by atoms with van der Waals surface area (Å²) >= 11 is 12.1. The molecule has 0 aliphatic carbocycles. The Morgan fingerprint density at radius 1 is 1.35 bits per heavy atom. The minimum Gasteiger partial charge on any atom is -0.466 e. The van der Waals surface area contributed by atoms with Gasteiger partial charge < -0.3 is 9.64 Å². The molecule has 110 valence electrons. The Labute approximate surface area is 129 Å². The first kappa shape index (κ1) is 15.6. The van der Waals surface area contributed by atoms with Crippen LogP contribution >= 0.6 is 23.2 Å². The van der Waals surface area contributed by atoms with Gasteiger partial charge in [-0.15, -0.1) is 0 Å². The number of esters is 1. The summed E-state index contributed by atoms with van der Waals surface area (Å²) in [5.41, 5.74) is 1.11. The Balaban J connectivity index is 1.86. The van der Waals surface area contributed by atoms with Crippen LogP contribution in [-0.2, 0) is 16.1 Å². The maximum Gasteiger partial charge on any atom is 0.309 e. The highest BCUT2D eigenvalue weighted by Crippen LogP contribution is 2.20. The number of likely N-dealkylation sites (tertiary alicyclic amines) is 1. The third-order valence-electron chi connectivity index (χ3n) is 3.77. The summed E-state index contributed by atoms with van der Waals surface area (Å²) in [4.78, 5) is 13.1. The van der Waals surface area contributed by atoms with Crippen LogP contribution in [0.25, 0.3) is 0 Å². The second kappa shape index (κ2) is 7.30. The molecule has 0 aromatic heterocycles. The average Bonchev–Trinajstić information content (AvgIpc) is 2.43. The van der Waals surface area contributed by atoms with E-state index in [4.69, 9.17) is 27.9 Å².